The Morgan fingerprint density at radius 1 is 1.38 bits per heavy atom. The lowest BCUT2D eigenvalue weighted by molar-refractivity contribution is 0.00219. The van der Waals surface area contributed by atoms with Crippen LogP contribution in [0.5, 0.6) is 0 Å². The molecule has 88 valence electrons. The molecule has 0 aromatic carbocycles. The molecule has 3 nitrogen and oxygen atoms in total. The zero-order valence-electron chi connectivity index (χ0n) is 9.72. The topological polar surface area (TPSA) is 32.5 Å². The number of nitrogens with zero attached hydrogens (tertiary/aromatic N) is 2. The van der Waals surface area contributed by atoms with Crippen molar-refractivity contribution in [2.45, 2.75) is 19.0 Å². The summed E-state index contributed by atoms with van der Waals surface area (Å²) in [5.41, 5.74) is 7.73. The molecule has 2 N–H and O–H groups in total. The molecule has 2 bridgehead atoms. The van der Waals surface area contributed by atoms with Gasteiger partial charge in [-0.25, -0.2) is 0 Å². The van der Waals surface area contributed by atoms with Gasteiger partial charge >= 0.3 is 0 Å². The van der Waals surface area contributed by atoms with E-state index in [1.165, 1.54) is 36.6 Å². The van der Waals surface area contributed by atoms with Crippen molar-refractivity contribution in [3.63, 3.8) is 0 Å². The summed E-state index contributed by atoms with van der Waals surface area (Å²) in [6, 6.07) is 2.96. The first-order chi connectivity index (χ1) is 7.74. The fraction of sp³-hybridized carbons (Fsp3) is 0.667. The first-order valence-electron chi connectivity index (χ1n) is 6.01. The highest BCUT2D eigenvalue weighted by atomic mass is 32.1. The summed E-state index contributed by atoms with van der Waals surface area (Å²) in [5.74, 6) is 0. The van der Waals surface area contributed by atoms with Crippen LogP contribution in [-0.4, -0.2) is 48.6 Å². The lowest BCUT2D eigenvalue weighted by Gasteiger charge is -2.49. The van der Waals surface area contributed by atoms with Crippen LogP contribution in [0.3, 0.4) is 0 Å². The molecule has 0 spiro atoms. The number of fused-ring (bicyclic) bond motifs is 3. The van der Waals surface area contributed by atoms with E-state index in [0.717, 1.165) is 6.54 Å². The van der Waals surface area contributed by atoms with Crippen molar-refractivity contribution in [1.82, 2.24) is 9.80 Å². The number of rotatable bonds is 2. The third kappa shape index (κ3) is 1.80. The van der Waals surface area contributed by atoms with E-state index in [1.54, 1.807) is 11.3 Å². The van der Waals surface area contributed by atoms with E-state index >= 15 is 0 Å². The Labute approximate surface area is 101 Å². The van der Waals surface area contributed by atoms with Gasteiger partial charge in [-0.15, -0.1) is 11.3 Å². The normalized spacial score (nSPS) is 35.2. The van der Waals surface area contributed by atoms with Crippen LogP contribution >= 0.6 is 11.3 Å². The van der Waals surface area contributed by atoms with E-state index in [4.69, 9.17) is 5.73 Å². The summed E-state index contributed by atoms with van der Waals surface area (Å²) in [5, 5.41) is 2.22. The minimum atomic E-state index is 0.188. The van der Waals surface area contributed by atoms with Crippen LogP contribution in [0.15, 0.2) is 11.4 Å². The Bertz CT molecular complexity index is 368. The highest BCUT2D eigenvalue weighted by molar-refractivity contribution is 7.10. The maximum absolute atomic E-state index is 6.41. The second-order valence-corrected chi connectivity index (χ2v) is 6.04. The van der Waals surface area contributed by atoms with Gasteiger partial charge in [-0.05, 0) is 23.9 Å². The zero-order chi connectivity index (χ0) is 11.1. The van der Waals surface area contributed by atoms with Crippen LogP contribution in [0.1, 0.15) is 16.5 Å². The van der Waals surface area contributed by atoms with Gasteiger partial charge in [-0.3, -0.25) is 9.80 Å². The molecule has 1 aromatic rings. The van der Waals surface area contributed by atoms with Gasteiger partial charge < -0.3 is 5.73 Å². The molecular formula is C12H19N3S. The molecule has 0 radical (unpaired) electrons. The summed E-state index contributed by atoms with van der Waals surface area (Å²) < 4.78 is 0. The fourth-order valence-corrected chi connectivity index (χ4v) is 3.61. The van der Waals surface area contributed by atoms with Crippen molar-refractivity contribution in [2.24, 2.45) is 5.73 Å². The predicted octanol–water partition coefficient (Wildman–Crippen LogP) is 1.06. The van der Waals surface area contributed by atoms with Crippen LogP contribution in [0.4, 0.5) is 0 Å². The lowest BCUT2D eigenvalue weighted by Crippen LogP contribution is -2.63. The zero-order valence-corrected chi connectivity index (χ0v) is 10.5. The second kappa shape index (κ2) is 4.11. The first-order valence-corrected chi connectivity index (χ1v) is 6.89. The molecule has 4 heteroatoms. The minimum Gasteiger partial charge on any atom is -0.323 e. The molecule has 4 heterocycles. The smallest absolute Gasteiger partial charge is 0.0474 e. The Balaban J connectivity index is 1.77. The SMILES string of the molecule is Cc1cc(C(N)C2CN3CCN2CC3)cs1. The van der Waals surface area contributed by atoms with Crippen molar-refractivity contribution < 1.29 is 0 Å². The van der Waals surface area contributed by atoms with E-state index in [2.05, 4.69) is 28.2 Å². The van der Waals surface area contributed by atoms with Gasteiger partial charge in [0.1, 0.15) is 0 Å². The van der Waals surface area contributed by atoms with Gasteiger partial charge in [0.15, 0.2) is 0 Å². The molecule has 4 rings (SSSR count). The van der Waals surface area contributed by atoms with Gasteiger partial charge in [-0.2, -0.15) is 0 Å². The number of thiophene rings is 1. The maximum Gasteiger partial charge on any atom is 0.0474 e. The summed E-state index contributed by atoms with van der Waals surface area (Å²) in [4.78, 5) is 6.48. The molecule has 3 fully saturated rings. The van der Waals surface area contributed by atoms with E-state index in [-0.39, 0.29) is 6.04 Å². The third-order valence-corrected chi connectivity index (χ3v) is 4.75. The fourth-order valence-electron chi connectivity index (χ4n) is 2.86. The molecule has 2 unspecified atom stereocenters. The van der Waals surface area contributed by atoms with Crippen LogP contribution < -0.4 is 5.73 Å². The van der Waals surface area contributed by atoms with Crippen LogP contribution in [0.25, 0.3) is 0 Å². The molecular weight excluding hydrogens is 218 g/mol. The Hall–Kier alpha value is -0.420. The third-order valence-electron chi connectivity index (χ3n) is 3.87. The summed E-state index contributed by atoms with van der Waals surface area (Å²) in [6.45, 7) is 8.15. The number of hydrogen-bond donors (Lipinski definition) is 1. The van der Waals surface area contributed by atoms with Crippen molar-refractivity contribution in [1.29, 1.82) is 0 Å². The van der Waals surface area contributed by atoms with Crippen molar-refractivity contribution in [2.75, 3.05) is 32.7 Å². The average Bonchev–Trinajstić information content (AvgIpc) is 2.76. The largest absolute Gasteiger partial charge is 0.323 e. The van der Waals surface area contributed by atoms with E-state index in [1.807, 2.05) is 0 Å². The molecule has 0 amide bonds. The van der Waals surface area contributed by atoms with Gasteiger partial charge in [0, 0.05) is 49.7 Å². The molecule has 1 aromatic heterocycles. The molecule has 3 saturated heterocycles. The van der Waals surface area contributed by atoms with Crippen LogP contribution in [0.2, 0.25) is 0 Å². The van der Waals surface area contributed by atoms with Crippen LogP contribution in [-0.2, 0) is 0 Å². The quantitative estimate of drug-likeness (QED) is 0.835. The Kier molecular flexibility index (Phi) is 2.75. The molecule has 0 aliphatic carbocycles. The van der Waals surface area contributed by atoms with Crippen molar-refractivity contribution in [3.8, 4) is 0 Å². The monoisotopic (exact) mass is 237 g/mol. The maximum atomic E-state index is 6.41. The molecule has 3 aliphatic rings. The molecule has 2 atom stereocenters. The standard InChI is InChI=1S/C12H19N3S/c1-9-6-10(8-16-9)12(13)11-7-14-2-4-15(11)5-3-14/h6,8,11-12H,2-5,7,13H2,1H3. The molecule has 16 heavy (non-hydrogen) atoms. The number of aryl methyl sites for hydroxylation is 1. The summed E-state index contributed by atoms with van der Waals surface area (Å²) in [6.07, 6.45) is 0. The van der Waals surface area contributed by atoms with Crippen molar-refractivity contribution >= 4 is 11.3 Å². The Morgan fingerprint density at radius 2 is 2.12 bits per heavy atom. The highest BCUT2D eigenvalue weighted by Crippen LogP contribution is 2.27. The van der Waals surface area contributed by atoms with Gasteiger partial charge in [-0.1, -0.05) is 0 Å². The van der Waals surface area contributed by atoms with Crippen LogP contribution in [0, 0.1) is 6.92 Å². The van der Waals surface area contributed by atoms with Gasteiger partial charge in [0.2, 0.25) is 0 Å². The highest BCUT2D eigenvalue weighted by Gasteiger charge is 2.35. The molecule has 3 aliphatic heterocycles. The van der Waals surface area contributed by atoms with E-state index in [9.17, 15) is 0 Å². The van der Waals surface area contributed by atoms with E-state index in [0.29, 0.717) is 6.04 Å². The Morgan fingerprint density at radius 3 is 2.62 bits per heavy atom. The van der Waals surface area contributed by atoms with Crippen molar-refractivity contribution in [3.05, 3.63) is 21.9 Å². The summed E-state index contributed by atoms with van der Waals surface area (Å²) >= 11 is 1.80. The van der Waals surface area contributed by atoms with Gasteiger partial charge in [0.25, 0.3) is 0 Å². The lowest BCUT2D eigenvalue weighted by atomic mass is 9.96. The van der Waals surface area contributed by atoms with Gasteiger partial charge in [0.05, 0.1) is 0 Å². The average molecular weight is 237 g/mol. The number of hydrogen-bond acceptors (Lipinski definition) is 4. The summed E-state index contributed by atoms with van der Waals surface area (Å²) in [7, 11) is 0. The predicted molar refractivity (Wildman–Crippen MR) is 67.8 cm³/mol. The second-order valence-electron chi connectivity index (χ2n) is 4.92. The minimum absolute atomic E-state index is 0.188. The van der Waals surface area contributed by atoms with E-state index < -0.39 is 0 Å². The first kappa shape index (κ1) is 10.7. The number of nitrogens with two attached hydrogens (primary N) is 1. The number of piperazine rings is 3. The molecule has 0 saturated carbocycles.